The van der Waals surface area contributed by atoms with Crippen molar-refractivity contribution >= 4 is 11.8 Å². The van der Waals surface area contributed by atoms with E-state index in [1.807, 2.05) is 0 Å². The van der Waals surface area contributed by atoms with Crippen molar-refractivity contribution in [3.63, 3.8) is 0 Å². The lowest BCUT2D eigenvalue weighted by Crippen LogP contribution is -2.65. The molecule has 1 N–H and O–H groups in total. The molecule has 0 aliphatic carbocycles. The van der Waals surface area contributed by atoms with Gasteiger partial charge in [0.2, 0.25) is 11.8 Å². The van der Waals surface area contributed by atoms with Gasteiger partial charge in [0.1, 0.15) is 6.04 Å². The van der Waals surface area contributed by atoms with E-state index in [9.17, 15) is 9.59 Å². The van der Waals surface area contributed by atoms with Crippen molar-refractivity contribution < 1.29 is 9.59 Å². The SMILES string of the molecule is CN1CC(=O)N2CCNC[C@H]2C1=O. The number of hydrogen-bond acceptors (Lipinski definition) is 3. The average Bonchev–Trinajstić information content (AvgIpc) is 2.15. The van der Waals surface area contributed by atoms with E-state index in [-0.39, 0.29) is 24.4 Å². The molecule has 0 bridgehead atoms. The number of nitrogens with one attached hydrogen (secondary N) is 1. The van der Waals surface area contributed by atoms with Crippen LogP contribution in [0.2, 0.25) is 0 Å². The Kier molecular flexibility index (Phi) is 1.95. The number of hydrogen-bond donors (Lipinski definition) is 1. The van der Waals surface area contributed by atoms with Crippen LogP contribution in [0.1, 0.15) is 0 Å². The normalized spacial score (nSPS) is 29.2. The van der Waals surface area contributed by atoms with Gasteiger partial charge >= 0.3 is 0 Å². The summed E-state index contributed by atoms with van der Waals surface area (Å²) in [7, 11) is 1.67. The third-order valence-electron chi connectivity index (χ3n) is 2.60. The molecule has 0 spiro atoms. The lowest BCUT2D eigenvalue weighted by Gasteiger charge is -2.41. The van der Waals surface area contributed by atoms with Crippen LogP contribution in [0.4, 0.5) is 0 Å². The summed E-state index contributed by atoms with van der Waals surface area (Å²) in [5, 5.41) is 3.11. The second-order valence-electron chi connectivity index (χ2n) is 3.50. The van der Waals surface area contributed by atoms with Gasteiger partial charge in [-0.1, -0.05) is 0 Å². The van der Waals surface area contributed by atoms with Crippen LogP contribution in [-0.2, 0) is 9.59 Å². The third-order valence-corrected chi connectivity index (χ3v) is 2.60. The van der Waals surface area contributed by atoms with Crippen molar-refractivity contribution in [1.29, 1.82) is 0 Å². The largest absolute Gasteiger partial charge is 0.335 e. The smallest absolute Gasteiger partial charge is 0.246 e. The molecular weight excluding hydrogens is 170 g/mol. The number of likely N-dealkylation sites (N-methyl/N-ethyl adjacent to an activating group) is 1. The number of carbonyl (C=O) groups excluding carboxylic acids is 2. The fourth-order valence-corrected chi connectivity index (χ4v) is 1.85. The molecule has 2 fully saturated rings. The van der Waals surface area contributed by atoms with E-state index in [0.29, 0.717) is 13.1 Å². The first-order valence-corrected chi connectivity index (χ1v) is 4.45. The zero-order valence-corrected chi connectivity index (χ0v) is 7.62. The van der Waals surface area contributed by atoms with Gasteiger partial charge in [-0.3, -0.25) is 9.59 Å². The van der Waals surface area contributed by atoms with Crippen LogP contribution in [0, 0.1) is 0 Å². The molecule has 2 aliphatic rings. The van der Waals surface area contributed by atoms with Crippen molar-refractivity contribution in [1.82, 2.24) is 15.1 Å². The Balaban J connectivity index is 2.19. The zero-order valence-electron chi connectivity index (χ0n) is 7.62. The Morgan fingerprint density at radius 1 is 1.46 bits per heavy atom. The molecule has 72 valence electrons. The molecule has 2 rings (SSSR count). The summed E-state index contributed by atoms with van der Waals surface area (Å²) in [5.74, 6) is 0.111. The molecule has 2 amide bonds. The van der Waals surface area contributed by atoms with Gasteiger partial charge in [-0.15, -0.1) is 0 Å². The van der Waals surface area contributed by atoms with Gasteiger partial charge < -0.3 is 15.1 Å². The number of carbonyl (C=O) groups is 2. The minimum Gasteiger partial charge on any atom is -0.335 e. The second kappa shape index (κ2) is 2.99. The summed E-state index contributed by atoms with van der Waals surface area (Å²) in [6, 6.07) is -0.264. The molecule has 5 heteroatoms. The highest BCUT2D eigenvalue weighted by Gasteiger charge is 2.38. The lowest BCUT2D eigenvalue weighted by molar-refractivity contribution is -0.155. The maximum Gasteiger partial charge on any atom is 0.246 e. The van der Waals surface area contributed by atoms with Gasteiger partial charge in [0, 0.05) is 26.7 Å². The molecule has 2 saturated heterocycles. The van der Waals surface area contributed by atoms with Crippen LogP contribution < -0.4 is 5.32 Å². The molecule has 5 nitrogen and oxygen atoms in total. The fourth-order valence-electron chi connectivity index (χ4n) is 1.85. The molecule has 1 atom stereocenters. The predicted molar refractivity (Wildman–Crippen MR) is 46.0 cm³/mol. The molecule has 2 aliphatic heterocycles. The minimum absolute atomic E-state index is 0.0480. The van der Waals surface area contributed by atoms with Crippen molar-refractivity contribution in [3.8, 4) is 0 Å². The minimum atomic E-state index is -0.264. The second-order valence-corrected chi connectivity index (χ2v) is 3.50. The van der Waals surface area contributed by atoms with E-state index in [2.05, 4.69) is 5.32 Å². The molecular formula is C8H13N3O2. The van der Waals surface area contributed by atoms with E-state index in [0.717, 1.165) is 6.54 Å². The Morgan fingerprint density at radius 3 is 3.00 bits per heavy atom. The summed E-state index contributed by atoms with van der Waals surface area (Å²) in [5.41, 5.74) is 0. The lowest BCUT2D eigenvalue weighted by atomic mass is 10.1. The van der Waals surface area contributed by atoms with Gasteiger partial charge in [0.15, 0.2) is 0 Å². The van der Waals surface area contributed by atoms with Gasteiger partial charge in [0.05, 0.1) is 6.54 Å². The average molecular weight is 183 g/mol. The predicted octanol–water partition coefficient (Wildman–Crippen LogP) is -1.74. The Morgan fingerprint density at radius 2 is 2.23 bits per heavy atom. The van der Waals surface area contributed by atoms with Crippen LogP contribution in [-0.4, -0.2) is 60.9 Å². The number of rotatable bonds is 0. The Hall–Kier alpha value is -1.10. The maximum absolute atomic E-state index is 11.6. The Bertz CT molecular complexity index is 254. The molecule has 0 aromatic carbocycles. The summed E-state index contributed by atoms with van der Waals surface area (Å²) in [4.78, 5) is 26.3. The molecule has 0 aromatic heterocycles. The molecule has 0 radical (unpaired) electrons. The van der Waals surface area contributed by atoms with Crippen molar-refractivity contribution in [2.24, 2.45) is 0 Å². The van der Waals surface area contributed by atoms with Gasteiger partial charge in [0.25, 0.3) is 0 Å². The highest BCUT2D eigenvalue weighted by molar-refractivity contribution is 5.95. The summed E-state index contributed by atoms with van der Waals surface area (Å²) in [6.07, 6.45) is 0. The number of amides is 2. The summed E-state index contributed by atoms with van der Waals surface area (Å²) in [6.45, 7) is 2.27. The van der Waals surface area contributed by atoms with Crippen LogP contribution in [0.5, 0.6) is 0 Å². The van der Waals surface area contributed by atoms with Crippen LogP contribution in [0.25, 0.3) is 0 Å². The zero-order chi connectivity index (χ0) is 9.42. The standard InChI is InChI=1S/C8H13N3O2/c1-10-5-7(12)11-3-2-9-4-6(11)8(10)13/h6,9H,2-5H2,1H3/t6-/m0/s1. The quantitative estimate of drug-likeness (QED) is 0.485. The first-order valence-electron chi connectivity index (χ1n) is 4.45. The summed E-state index contributed by atoms with van der Waals surface area (Å²) >= 11 is 0. The maximum atomic E-state index is 11.6. The van der Waals surface area contributed by atoms with Crippen molar-refractivity contribution in [3.05, 3.63) is 0 Å². The van der Waals surface area contributed by atoms with Gasteiger partial charge in [-0.25, -0.2) is 0 Å². The van der Waals surface area contributed by atoms with E-state index in [1.54, 1.807) is 11.9 Å². The van der Waals surface area contributed by atoms with E-state index >= 15 is 0 Å². The van der Waals surface area contributed by atoms with E-state index in [1.165, 1.54) is 4.90 Å². The van der Waals surface area contributed by atoms with Crippen molar-refractivity contribution in [2.75, 3.05) is 33.2 Å². The fraction of sp³-hybridized carbons (Fsp3) is 0.750. The number of fused-ring (bicyclic) bond motifs is 1. The molecule has 0 aromatic rings. The molecule has 0 unspecified atom stereocenters. The first-order chi connectivity index (χ1) is 6.20. The van der Waals surface area contributed by atoms with Gasteiger partial charge in [-0.05, 0) is 0 Å². The van der Waals surface area contributed by atoms with Gasteiger partial charge in [-0.2, -0.15) is 0 Å². The van der Waals surface area contributed by atoms with E-state index < -0.39 is 0 Å². The van der Waals surface area contributed by atoms with Crippen LogP contribution in [0.15, 0.2) is 0 Å². The van der Waals surface area contributed by atoms with Crippen LogP contribution >= 0.6 is 0 Å². The first kappa shape index (κ1) is 8.50. The number of nitrogens with zero attached hydrogens (tertiary/aromatic N) is 2. The topological polar surface area (TPSA) is 52.7 Å². The third kappa shape index (κ3) is 1.29. The van der Waals surface area contributed by atoms with E-state index in [4.69, 9.17) is 0 Å². The van der Waals surface area contributed by atoms with Crippen molar-refractivity contribution in [2.45, 2.75) is 6.04 Å². The highest BCUT2D eigenvalue weighted by atomic mass is 16.2. The number of piperazine rings is 2. The summed E-state index contributed by atoms with van der Waals surface area (Å²) < 4.78 is 0. The molecule has 13 heavy (non-hydrogen) atoms. The monoisotopic (exact) mass is 183 g/mol. The highest BCUT2D eigenvalue weighted by Crippen LogP contribution is 2.12. The Labute approximate surface area is 76.7 Å². The van der Waals surface area contributed by atoms with Crippen LogP contribution in [0.3, 0.4) is 0 Å². The molecule has 0 saturated carbocycles. The molecule has 2 heterocycles.